The molecule has 2 aromatic carbocycles. The summed E-state index contributed by atoms with van der Waals surface area (Å²) in [7, 11) is 0. The van der Waals surface area contributed by atoms with Gasteiger partial charge in [-0.3, -0.25) is 9.59 Å². The molecular formula is C26H29N3O3. The molecule has 6 heteroatoms. The van der Waals surface area contributed by atoms with Crippen molar-refractivity contribution in [2.75, 3.05) is 11.4 Å². The summed E-state index contributed by atoms with van der Waals surface area (Å²) in [6, 6.07) is 17.8. The molecule has 0 saturated carbocycles. The lowest BCUT2D eigenvalue weighted by Gasteiger charge is -2.22. The molecule has 166 valence electrons. The lowest BCUT2D eigenvalue weighted by Crippen LogP contribution is -2.30. The van der Waals surface area contributed by atoms with Crippen molar-refractivity contribution in [3.63, 3.8) is 0 Å². The summed E-state index contributed by atoms with van der Waals surface area (Å²) >= 11 is 0. The average molecular weight is 432 g/mol. The van der Waals surface area contributed by atoms with Gasteiger partial charge in [0.1, 0.15) is 0 Å². The normalized spacial score (nSPS) is 17.6. The number of hydrogen-bond acceptors (Lipinski definition) is 4. The Hall–Kier alpha value is -3.41. The highest BCUT2D eigenvalue weighted by molar-refractivity contribution is 5.93. The van der Waals surface area contributed by atoms with Crippen LogP contribution in [-0.2, 0) is 20.9 Å². The Labute approximate surface area is 188 Å². The van der Waals surface area contributed by atoms with Crippen molar-refractivity contribution in [1.29, 1.82) is 0 Å². The number of carbonyl (C=O) groups excluding carboxylic acids is 2. The van der Waals surface area contributed by atoms with Crippen LogP contribution in [0, 0.1) is 5.92 Å². The SMILES string of the molecule is CC(=O)OC(c1ccccc1)c1cncn1Cc1ccc(N2CC[C@H](C)CCC2=O)cc1. The van der Waals surface area contributed by atoms with E-state index in [9.17, 15) is 9.59 Å². The lowest BCUT2D eigenvalue weighted by molar-refractivity contribution is -0.145. The Bertz CT molecular complexity index is 1060. The Morgan fingerprint density at radius 2 is 1.88 bits per heavy atom. The fourth-order valence-corrected chi connectivity index (χ4v) is 4.15. The molecule has 0 spiro atoms. The summed E-state index contributed by atoms with van der Waals surface area (Å²) in [6.07, 6.45) is 5.57. The van der Waals surface area contributed by atoms with Crippen molar-refractivity contribution in [1.82, 2.24) is 9.55 Å². The first-order valence-corrected chi connectivity index (χ1v) is 11.1. The van der Waals surface area contributed by atoms with Crippen molar-refractivity contribution in [2.24, 2.45) is 5.92 Å². The summed E-state index contributed by atoms with van der Waals surface area (Å²) in [5, 5.41) is 0. The van der Waals surface area contributed by atoms with Crippen LogP contribution in [0.15, 0.2) is 67.1 Å². The molecule has 1 aliphatic heterocycles. The van der Waals surface area contributed by atoms with Crippen LogP contribution >= 0.6 is 0 Å². The van der Waals surface area contributed by atoms with E-state index in [1.54, 1.807) is 12.5 Å². The van der Waals surface area contributed by atoms with E-state index in [4.69, 9.17) is 4.74 Å². The summed E-state index contributed by atoms with van der Waals surface area (Å²) in [4.78, 5) is 30.5. The smallest absolute Gasteiger partial charge is 0.303 e. The van der Waals surface area contributed by atoms with Gasteiger partial charge in [0.2, 0.25) is 5.91 Å². The number of rotatable bonds is 6. The van der Waals surface area contributed by atoms with Crippen molar-refractivity contribution in [3.8, 4) is 0 Å². The maximum Gasteiger partial charge on any atom is 0.303 e. The fraction of sp³-hybridized carbons (Fsp3) is 0.346. The summed E-state index contributed by atoms with van der Waals surface area (Å²) < 4.78 is 7.64. The first kappa shape index (κ1) is 21.8. The lowest BCUT2D eigenvalue weighted by atomic mass is 10.0. The van der Waals surface area contributed by atoms with Crippen molar-refractivity contribution in [3.05, 3.63) is 83.9 Å². The fourth-order valence-electron chi connectivity index (χ4n) is 4.15. The van der Waals surface area contributed by atoms with Crippen LogP contribution in [0.4, 0.5) is 5.69 Å². The molecule has 1 fully saturated rings. The highest BCUT2D eigenvalue weighted by Gasteiger charge is 2.23. The first-order valence-electron chi connectivity index (χ1n) is 11.1. The van der Waals surface area contributed by atoms with Crippen LogP contribution in [0.2, 0.25) is 0 Å². The number of nitrogens with zero attached hydrogens (tertiary/aromatic N) is 3. The van der Waals surface area contributed by atoms with Crippen molar-refractivity contribution < 1.29 is 14.3 Å². The van der Waals surface area contributed by atoms with Crippen molar-refractivity contribution in [2.45, 2.75) is 45.8 Å². The molecular weight excluding hydrogens is 402 g/mol. The summed E-state index contributed by atoms with van der Waals surface area (Å²) in [6.45, 7) is 4.98. The van der Waals surface area contributed by atoms with E-state index >= 15 is 0 Å². The Morgan fingerprint density at radius 3 is 2.59 bits per heavy atom. The zero-order valence-electron chi connectivity index (χ0n) is 18.6. The molecule has 32 heavy (non-hydrogen) atoms. The number of amides is 1. The Balaban J connectivity index is 1.54. The van der Waals surface area contributed by atoms with Crippen molar-refractivity contribution >= 4 is 17.6 Å². The minimum Gasteiger partial charge on any atom is -0.451 e. The molecule has 2 atom stereocenters. The van der Waals surface area contributed by atoms with Gasteiger partial charge >= 0.3 is 5.97 Å². The van der Waals surface area contributed by atoms with Gasteiger partial charge in [-0.05, 0) is 42.0 Å². The molecule has 0 bridgehead atoms. The standard InChI is InChI=1S/C26H29N3O3/c1-19-8-13-25(31)29(15-14-19)23-11-9-21(10-12-23)17-28-18-27-16-24(28)26(32-20(2)30)22-6-4-3-5-7-22/h3-7,9-12,16,18-19,26H,8,13-15,17H2,1-2H3/t19-,26?/m1/s1. The predicted molar refractivity (Wildman–Crippen MR) is 123 cm³/mol. The van der Waals surface area contributed by atoms with Gasteiger partial charge in [-0.2, -0.15) is 0 Å². The van der Waals surface area contributed by atoms with Crippen LogP contribution in [-0.4, -0.2) is 28.0 Å². The van der Waals surface area contributed by atoms with Crippen LogP contribution in [0.25, 0.3) is 0 Å². The third-order valence-corrected chi connectivity index (χ3v) is 6.00. The second-order valence-electron chi connectivity index (χ2n) is 8.49. The molecule has 0 N–H and O–H groups in total. The number of aromatic nitrogens is 2. The van der Waals surface area contributed by atoms with Gasteiger partial charge < -0.3 is 14.2 Å². The molecule has 0 aliphatic carbocycles. The predicted octanol–water partition coefficient (Wildman–Crippen LogP) is 4.74. The highest BCUT2D eigenvalue weighted by atomic mass is 16.5. The number of benzene rings is 2. The molecule has 1 unspecified atom stereocenters. The third-order valence-electron chi connectivity index (χ3n) is 6.00. The van der Waals surface area contributed by atoms with Crippen LogP contribution < -0.4 is 4.90 Å². The van der Waals surface area contributed by atoms with Gasteiger partial charge in [-0.1, -0.05) is 49.4 Å². The topological polar surface area (TPSA) is 64.4 Å². The quantitative estimate of drug-likeness (QED) is 0.529. The summed E-state index contributed by atoms with van der Waals surface area (Å²) in [5.74, 6) is 0.441. The molecule has 1 saturated heterocycles. The highest BCUT2D eigenvalue weighted by Crippen LogP contribution is 2.27. The maximum atomic E-state index is 12.5. The van der Waals surface area contributed by atoms with Crippen LogP contribution in [0.3, 0.4) is 0 Å². The largest absolute Gasteiger partial charge is 0.451 e. The minimum atomic E-state index is -0.521. The Morgan fingerprint density at radius 1 is 1.12 bits per heavy atom. The van der Waals surface area contributed by atoms with E-state index in [1.165, 1.54) is 6.92 Å². The molecule has 4 rings (SSSR count). The van der Waals surface area contributed by atoms with Gasteiger partial charge in [0.15, 0.2) is 6.10 Å². The molecule has 2 heterocycles. The summed E-state index contributed by atoms with van der Waals surface area (Å²) in [5.41, 5.74) is 3.74. The number of hydrogen-bond donors (Lipinski definition) is 0. The molecule has 1 aliphatic rings. The molecule has 1 amide bonds. The van der Waals surface area contributed by atoms with E-state index in [0.717, 1.165) is 41.9 Å². The van der Waals surface area contributed by atoms with Gasteiger partial charge in [-0.15, -0.1) is 0 Å². The molecule has 6 nitrogen and oxygen atoms in total. The number of anilines is 1. The molecule has 3 aromatic rings. The minimum absolute atomic E-state index is 0.200. The Kier molecular flexibility index (Phi) is 6.69. The number of ether oxygens (including phenoxy) is 1. The third kappa shape index (κ3) is 5.07. The number of esters is 1. The van der Waals surface area contributed by atoms with Crippen LogP contribution in [0.1, 0.15) is 56.0 Å². The van der Waals surface area contributed by atoms with E-state index in [2.05, 4.69) is 11.9 Å². The number of carbonyl (C=O) groups is 2. The second kappa shape index (κ2) is 9.81. The van der Waals surface area contributed by atoms with Gasteiger partial charge in [-0.25, -0.2) is 4.98 Å². The zero-order chi connectivity index (χ0) is 22.5. The monoisotopic (exact) mass is 431 g/mol. The molecule has 1 aromatic heterocycles. The first-order chi connectivity index (χ1) is 15.5. The van der Waals surface area contributed by atoms with Crippen LogP contribution in [0.5, 0.6) is 0 Å². The average Bonchev–Trinajstić information content (AvgIpc) is 3.18. The van der Waals surface area contributed by atoms with E-state index in [0.29, 0.717) is 18.9 Å². The van der Waals surface area contributed by atoms with Gasteiger partial charge in [0, 0.05) is 32.1 Å². The van der Waals surface area contributed by atoms with E-state index < -0.39 is 6.10 Å². The van der Waals surface area contributed by atoms with E-state index in [-0.39, 0.29) is 11.9 Å². The maximum absolute atomic E-state index is 12.5. The second-order valence-corrected chi connectivity index (χ2v) is 8.49. The zero-order valence-corrected chi connectivity index (χ0v) is 18.6. The van der Waals surface area contributed by atoms with Gasteiger partial charge in [0.25, 0.3) is 0 Å². The van der Waals surface area contributed by atoms with E-state index in [1.807, 2.05) is 64.1 Å². The van der Waals surface area contributed by atoms with Gasteiger partial charge in [0.05, 0.1) is 18.2 Å². The number of imidazole rings is 1. The molecule has 0 radical (unpaired) electrons.